The molecule has 2 aromatic rings. The maximum Gasteiger partial charge on any atom is 0.128 e. The first kappa shape index (κ1) is 14.3. The van der Waals surface area contributed by atoms with Crippen LogP contribution in [0, 0.1) is 4.91 Å². The molecule has 6 heteroatoms. The third-order valence-electron chi connectivity index (χ3n) is 3.08. The van der Waals surface area contributed by atoms with Gasteiger partial charge in [0.05, 0.1) is 11.8 Å². The summed E-state index contributed by atoms with van der Waals surface area (Å²) >= 11 is 0. The minimum absolute atomic E-state index is 0.0461. The highest BCUT2D eigenvalue weighted by atomic mass is 16.5. The molecule has 0 aliphatic carbocycles. The molecule has 1 aromatic heterocycles. The fourth-order valence-electron chi connectivity index (χ4n) is 1.98. The summed E-state index contributed by atoms with van der Waals surface area (Å²) in [5.74, 6) is 0.706. The third kappa shape index (κ3) is 3.27. The van der Waals surface area contributed by atoms with Crippen molar-refractivity contribution in [2.45, 2.75) is 26.0 Å². The van der Waals surface area contributed by atoms with E-state index in [0.717, 1.165) is 10.9 Å². The molecule has 20 heavy (non-hydrogen) atoms. The van der Waals surface area contributed by atoms with Crippen molar-refractivity contribution in [1.29, 1.82) is 0 Å². The summed E-state index contributed by atoms with van der Waals surface area (Å²) in [6.07, 6.45) is 1.06. The summed E-state index contributed by atoms with van der Waals surface area (Å²) in [7, 11) is 0. The number of nitrogens with one attached hydrogen (secondary N) is 1. The van der Waals surface area contributed by atoms with E-state index in [9.17, 15) is 10.0 Å². The number of nitrogens with zero attached hydrogens (tertiary/aromatic N) is 2. The zero-order valence-corrected chi connectivity index (χ0v) is 11.6. The average Bonchev–Trinajstić information content (AvgIpc) is 2.91. The predicted molar refractivity (Wildman–Crippen MR) is 77.4 cm³/mol. The Labute approximate surface area is 117 Å². The first-order valence-electron chi connectivity index (χ1n) is 6.58. The highest BCUT2D eigenvalue weighted by molar-refractivity contribution is 5.85. The first-order valence-corrected chi connectivity index (χ1v) is 6.58. The summed E-state index contributed by atoms with van der Waals surface area (Å²) in [5.41, 5.74) is 0.982. The van der Waals surface area contributed by atoms with Crippen molar-refractivity contribution in [3.63, 3.8) is 0 Å². The lowest BCUT2D eigenvalue weighted by molar-refractivity contribution is 0.0584. The lowest BCUT2D eigenvalue weighted by Crippen LogP contribution is -2.36. The minimum atomic E-state index is -0.774. The fraction of sp³-hybridized carbons (Fsp3) is 0.429. The minimum Gasteiger partial charge on any atom is -0.490 e. The second-order valence-corrected chi connectivity index (χ2v) is 4.96. The number of H-pyrrole nitrogens is 1. The quantitative estimate of drug-likeness (QED) is 0.601. The van der Waals surface area contributed by atoms with E-state index in [1.165, 1.54) is 5.01 Å². The van der Waals surface area contributed by atoms with Gasteiger partial charge in [-0.3, -0.25) is 5.01 Å². The van der Waals surface area contributed by atoms with Gasteiger partial charge in [0.15, 0.2) is 0 Å². The van der Waals surface area contributed by atoms with Gasteiger partial charge in [0.25, 0.3) is 0 Å². The van der Waals surface area contributed by atoms with Crippen LogP contribution in [0.25, 0.3) is 10.9 Å². The maximum atomic E-state index is 10.6. The molecular weight excluding hydrogens is 258 g/mol. The summed E-state index contributed by atoms with van der Waals surface area (Å²) in [4.78, 5) is 13.7. The molecule has 0 aliphatic heterocycles. The van der Waals surface area contributed by atoms with Gasteiger partial charge in [0.1, 0.15) is 18.5 Å². The number of hydrogen-bond donors (Lipinski definition) is 2. The number of aromatic amines is 1. The Hall–Kier alpha value is -2.08. The average molecular weight is 277 g/mol. The summed E-state index contributed by atoms with van der Waals surface area (Å²) < 4.78 is 5.62. The molecule has 1 unspecified atom stereocenters. The molecule has 0 radical (unpaired) electrons. The summed E-state index contributed by atoms with van der Waals surface area (Å²) in [6.45, 7) is 3.96. The van der Waals surface area contributed by atoms with E-state index in [0.29, 0.717) is 5.75 Å². The van der Waals surface area contributed by atoms with Gasteiger partial charge in [-0.1, -0.05) is 6.07 Å². The molecule has 0 saturated carbocycles. The van der Waals surface area contributed by atoms with Crippen LogP contribution in [0.15, 0.2) is 35.7 Å². The zero-order chi connectivity index (χ0) is 14.5. The Morgan fingerprint density at radius 2 is 2.20 bits per heavy atom. The summed E-state index contributed by atoms with van der Waals surface area (Å²) in [6, 6.07) is 7.56. The molecule has 2 rings (SSSR count). The van der Waals surface area contributed by atoms with Crippen molar-refractivity contribution in [1.82, 2.24) is 9.99 Å². The van der Waals surface area contributed by atoms with Crippen molar-refractivity contribution in [3.05, 3.63) is 35.4 Å². The molecule has 2 N–H and O–H groups in total. The highest BCUT2D eigenvalue weighted by Gasteiger charge is 2.15. The van der Waals surface area contributed by atoms with E-state index in [1.54, 1.807) is 0 Å². The van der Waals surface area contributed by atoms with Gasteiger partial charge < -0.3 is 14.8 Å². The molecule has 1 atom stereocenters. The molecular formula is C14H19N3O3. The van der Waals surface area contributed by atoms with Gasteiger partial charge in [0.2, 0.25) is 0 Å². The number of hydrogen-bond acceptors (Lipinski definition) is 4. The number of aliphatic hydroxyl groups excluding tert-OH is 1. The largest absolute Gasteiger partial charge is 0.490 e. The van der Waals surface area contributed by atoms with Gasteiger partial charge in [-0.2, -0.15) is 0 Å². The molecule has 1 aromatic carbocycles. The third-order valence-corrected chi connectivity index (χ3v) is 3.08. The smallest absolute Gasteiger partial charge is 0.128 e. The number of fused-ring (bicyclic) bond motifs is 1. The van der Waals surface area contributed by atoms with Crippen LogP contribution in [0.3, 0.4) is 0 Å². The lowest BCUT2D eigenvalue weighted by Gasteiger charge is -2.22. The number of rotatable bonds is 7. The zero-order valence-electron chi connectivity index (χ0n) is 11.6. The number of ether oxygens (including phenoxy) is 1. The number of aromatic nitrogens is 1. The van der Waals surface area contributed by atoms with Crippen LogP contribution in [0.1, 0.15) is 13.8 Å². The van der Waals surface area contributed by atoms with Gasteiger partial charge in [-0.25, -0.2) is 0 Å². The maximum absolute atomic E-state index is 10.6. The van der Waals surface area contributed by atoms with Gasteiger partial charge in [-0.15, -0.1) is 4.91 Å². The highest BCUT2D eigenvalue weighted by Crippen LogP contribution is 2.24. The summed E-state index contributed by atoms with van der Waals surface area (Å²) in [5, 5.41) is 15.1. The Morgan fingerprint density at radius 1 is 1.40 bits per heavy atom. The number of benzene rings is 1. The lowest BCUT2D eigenvalue weighted by atomic mass is 10.2. The van der Waals surface area contributed by atoms with Crippen molar-refractivity contribution in [2.75, 3.05) is 13.2 Å². The standard InChI is InChI=1S/C14H19N3O3/c1-10(2)17(16-19)8-11(18)9-20-14-5-3-4-13-12(14)6-7-15-13/h3-7,10-11,15,18H,8-9H2,1-2H3. The van der Waals surface area contributed by atoms with Crippen molar-refractivity contribution in [2.24, 2.45) is 5.29 Å². The van der Waals surface area contributed by atoms with E-state index in [4.69, 9.17) is 4.74 Å². The Bertz CT molecular complexity index is 568. The molecule has 6 nitrogen and oxygen atoms in total. The van der Waals surface area contributed by atoms with Crippen LogP contribution in [0.5, 0.6) is 5.75 Å². The predicted octanol–water partition coefficient (Wildman–Crippen LogP) is 2.30. The monoisotopic (exact) mass is 277 g/mol. The van der Waals surface area contributed by atoms with E-state index in [2.05, 4.69) is 10.3 Å². The van der Waals surface area contributed by atoms with Gasteiger partial charge in [0, 0.05) is 23.1 Å². The Kier molecular flexibility index (Phi) is 4.57. The molecule has 108 valence electrons. The second kappa shape index (κ2) is 6.38. The van der Waals surface area contributed by atoms with E-state index >= 15 is 0 Å². The van der Waals surface area contributed by atoms with E-state index in [-0.39, 0.29) is 19.2 Å². The van der Waals surface area contributed by atoms with Crippen LogP contribution < -0.4 is 4.74 Å². The van der Waals surface area contributed by atoms with Gasteiger partial charge in [-0.05, 0) is 32.0 Å². The first-order chi connectivity index (χ1) is 9.61. The van der Waals surface area contributed by atoms with Crippen LogP contribution in [-0.2, 0) is 0 Å². The molecule has 0 aliphatic rings. The molecule has 0 spiro atoms. The van der Waals surface area contributed by atoms with Crippen molar-refractivity contribution in [3.8, 4) is 5.75 Å². The normalized spacial score (nSPS) is 12.6. The Morgan fingerprint density at radius 3 is 2.90 bits per heavy atom. The van der Waals surface area contributed by atoms with Crippen LogP contribution >= 0.6 is 0 Å². The van der Waals surface area contributed by atoms with Crippen LogP contribution in [0.4, 0.5) is 0 Å². The molecule has 0 fully saturated rings. The van der Waals surface area contributed by atoms with Gasteiger partial charge >= 0.3 is 0 Å². The van der Waals surface area contributed by atoms with E-state index < -0.39 is 6.10 Å². The second-order valence-electron chi connectivity index (χ2n) is 4.96. The molecule has 0 bridgehead atoms. The number of nitroso groups, excluding NO2 is 1. The Balaban J connectivity index is 1.94. The van der Waals surface area contributed by atoms with Crippen LogP contribution in [-0.4, -0.2) is 40.4 Å². The van der Waals surface area contributed by atoms with Crippen LogP contribution in [0.2, 0.25) is 0 Å². The topological polar surface area (TPSA) is 77.9 Å². The molecule has 0 saturated heterocycles. The van der Waals surface area contributed by atoms with E-state index in [1.807, 2.05) is 44.3 Å². The SMILES string of the molecule is CC(C)N(CC(O)COc1cccc2[nH]ccc12)N=O. The molecule has 1 heterocycles. The van der Waals surface area contributed by atoms with Crippen molar-refractivity contribution >= 4 is 10.9 Å². The number of aliphatic hydroxyl groups is 1. The molecule has 0 amide bonds. The fourth-order valence-corrected chi connectivity index (χ4v) is 1.98. The van der Waals surface area contributed by atoms with Crippen molar-refractivity contribution < 1.29 is 9.84 Å².